The molecule has 9 heteroatoms. The number of nitrogens with one attached hydrogen (secondary N) is 2. The van der Waals surface area contributed by atoms with Crippen molar-refractivity contribution in [3.05, 3.63) is 32.9 Å². The van der Waals surface area contributed by atoms with Gasteiger partial charge in [-0.3, -0.25) is 10.1 Å². The van der Waals surface area contributed by atoms with E-state index in [0.717, 1.165) is 5.69 Å². The molecule has 0 fully saturated rings. The van der Waals surface area contributed by atoms with E-state index in [4.69, 9.17) is 0 Å². The van der Waals surface area contributed by atoms with Crippen LogP contribution in [-0.2, 0) is 6.42 Å². The Morgan fingerprint density at radius 3 is 2.95 bits per heavy atom. The maximum absolute atomic E-state index is 10.9. The molecule has 0 saturated carbocycles. The summed E-state index contributed by atoms with van der Waals surface area (Å²) in [6, 6.07) is 0. The van der Waals surface area contributed by atoms with Crippen molar-refractivity contribution < 1.29 is 4.92 Å². The topological polar surface area (TPSA) is 106 Å². The molecule has 0 aliphatic rings. The van der Waals surface area contributed by atoms with Gasteiger partial charge in [-0.25, -0.2) is 9.97 Å². The summed E-state index contributed by atoms with van der Waals surface area (Å²) in [5.41, 5.74) is 2.56. The average Bonchev–Trinajstić information content (AvgIpc) is 2.91. The fraction of sp³-hybridized carbons (Fsp3) is 0.300. The van der Waals surface area contributed by atoms with Crippen molar-refractivity contribution in [2.24, 2.45) is 0 Å². The molecule has 0 amide bonds. The normalized spacial score (nSPS) is 10.2. The summed E-state index contributed by atoms with van der Waals surface area (Å²) >= 11 is 1.52. The SMILES string of the molecule is CNc1ncc([N+](=O)[O-])c(NCCc2cscn2)n1. The zero-order valence-corrected chi connectivity index (χ0v) is 11.0. The second-order valence-corrected chi connectivity index (χ2v) is 4.31. The van der Waals surface area contributed by atoms with Crippen LogP contribution in [-0.4, -0.2) is 33.5 Å². The van der Waals surface area contributed by atoms with E-state index in [0.29, 0.717) is 18.9 Å². The molecule has 0 atom stereocenters. The molecule has 0 bridgehead atoms. The van der Waals surface area contributed by atoms with Crippen LogP contribution in [0.4, 0.5) is 17.5 Å². The fourth-order valence-electron chi connectivity index (χ4n) is 1.43. The van der Waals surface area contributed by atoms with Crippen molar-refractivity contribution >= 4 is 28.8 Å². The minimum absolute atomic E-state index is 0.141. The van der Waals surface area contributed by atoms with Gasteiger partial charge in [-0.2, -0.15) is 4.98 Å². The Labute approximate surface area is 113 Å². The Kier molecular flexibility index (Phi) is 4.18. The lowest BCUT2D eigenvalue weighted by molar-refractivity contribution is -0.384. The lowest BCUT2D eigenvalue weighted by Crippen LogP contribution is -2.10. The van der Waals surface area contributed by atoms with Gasteiger partial charge < -0.3 is 10.6 Å². The van der Waals surface area contributed by atoms with E-state index in [9.17, 15) is 10.1 Å². The summed E-state index contributed by atoms with van der Waals surface area (Å²) in [7, 11) is 1.65. The zero-order valence-electron chi connectivity index (χ0n) is 10.2. The van der Waals surface area contributed by atoms with Crippen LogP contribution in [0.3, 0.4) is 0 Å². The van der Waals surface area contributed by atoms with Crippen molar-refractivity contribution in [2.45, 2.75) is 6.42 Å². The van der Waals surface area contributed by atoms with Gasteiger partial charge in [0.15, 0.2) is 0 Å². The molecule has 0 spiro atoms. The molecule has 0 radical (unpaired) electrons. The molecule has 0 unspecified atom stereocenters. The molecule has 100 valence electrons. The van der Waals surface area contributed by atoms with Crippen LogP contribution in [0.25, 0.3) is 0 Å². The minimum Gasteiger partial charge on any atom is -0.364 e. The molecule has 0 aliphatic heterocycles. The van der Waals surface area contributed by atoms with Gasteiger partial charge in [0, 0.05) is 25.4 Å². The van der Waals surface area contributed by atoms with Crippen molar-refractivity contribution in [3.8, 4) is 0 Å². The number of rotatable bonds is 6. The molecule has 0 aliphatic carbocycles. The average molecular weight is 280 g/mol. The number of aromatic nitrogens is 3. The van der Waals surface area contributed by atoms with Crippen LogP contribution in [0.5, 0.6) is 0 Å². The Balaban J connectivity index is 2.06. The van der Waals surface area contributed by atoms with Crippen molar-refractivity contribution in [2.75, 3.05) is 24.2 Å². The highest BCUT2D eigenvalue weighted by Crippen LogP contribution is 2.21. The van der Waals surface area contributed by atoms with E-state index in [2.05, 4.69) is 25.6 Å². The molecule has 2 heterocycles. The molecule has 2 N–H and O–H groups in total. The molecule has 8 nitrogen and oxygen atoms in total. The number of thiazole rings is 1. The molecule has 2 aromatic rings. The van der Waals surface area contributed by atoms with Crippen molar-refractivity contribution in [1.29, 1.82) is 0 Å². The third-order valence-electron chi connectivity index (χ3n) is 2.35. The van der Waals surface area contributed by atoms with Gasteiger partial charge in [0.2, 0.25) is 11.8 Å². The summed E-state index contributed by atoms with van der Waals surface area (Å²) in [6.45, 7) is 0.519. The monoisotopic (exact) mass is 280 g/mol. The first-order valence-corrected chi connectivity index (χ1v) is 6.45. The summed E-state index contributed by atoms with van der Waals surface area (Å²) in [5.74, 6) is 0.543. The largest absolute Gasteiger partial charge is 0.364 e. The quantitative estimate of drug-likeness (QED) is 0.610. The van der Waals surface area contributed by atoms with E-state index in [1.807, 2.05) is 5.38 Å². The molecule has 19 heavy (non-hydrogen) atoms. The second-order valence-electron chi connectivity index (χ2n) is 3.59. The first-order valence-electron chi connectivity index (χ1n) is 5.51. The first kappa shape index (κ1) is 13.1. The molecule has 0 aromatic carbocycles. The van der Waals surface area contributed by atoms with Gasteiger partial charge in [-0.05, 0) is 0 Å². The number of anilines is 2. The van der Waals surface area contributed by atoms with Crippen molar-refractivity contribution in [3.63, 3.8) is 0 Å². The highest BCUT2D eigenvalue weighted by molar-refractivity contribution is 7.07. The van der Waals surface area contributed by atoms with Crippen LogP contribution >= 0.6 is 11.3 Å². The molecule has 2 aromatic heterocycles. The number of nitrogens with zero attached hydrogens (tertiary/aromatic N) is 4. The predicted molar refractivity (Wildman–Crippen MR) is 72.5 cm³/mol. The summed E-state index contributed by atoms with van der Waals surface area (Å²) in [6.07, 6.45) is 1.86. The standard InChI is InChI=1S/C10H12N6O2S/c1-11-10-13-4-8(16(17)18)9(15-10)12-3-2-7-5-19-6-14-7/h4-6H,2-3H2,1H3,(H2,11,12,13,15). The Morgan fingerprint density at radius 2 is 2.32 bits per heavy atom. The Bertz CT molecular complexity index is 559. The van der Waals surface area contributed by atoms with Gasteiger partial charge >= 0.3 is 5.69 Å². The van der Waals surface area contributed by atoms with E-state index in [-0.39, 0.29) is 11.5 Å². The van der Waals surface area contributed by atoms with Crippen molar-refractivity contribution in [1.82, 2.24) is 15.0 Å². The van der Waals surface area contributed by atoms with Crippen LogP contribution in [0.1, 0.15) is 5.69 Å². The van der Waals surface area contributed by atoms with E-state index < -0.39 is 4.92 Å². The van der Waals surface area contributed by atoms with E-state index in [1.54, 1.807) is 12.6 Å². The third kappa shape index (κ3) is 3.35. The Morgan fingerprint density at radius 1 is 1.47 bits per heavy atom. The van der Waals surface area contributed by atoms with Crippen LogP contribution < -0.4 is 10.6 Å². The molecule has 0 saturated heterocycles. The van der Waals surface area contributed by atoms with Crippen LogP contribution in [0.15, 0.2) is 17.1 Å². The summed E-state index contributed by atoms with van der Waals surface area (Å²) in [5, 5.41) is 18.5. The Hall–Kier alpha value is -2.29. The lowest BCUT2D eigenvalue weighted by atomic mass is 10.3. The fourth-order valence-corrected chi connectivity index (χ4v) is 2.02. The number of nitro groups is 1. The van der Waals surface area contributed by atoms with Crippen LogP contribution in [0, 0.1) is 10.1 Å². The number of hydrogen-bond acceptors (Lipinski definition) is 8. The second kappa shape index (κ2) is 6.05. The molecule has 2 rings (SSSR count). The highest BCUT2D eigenvalue weighted by Gasteiger charge is 2.16. The maximum Gasteiger partial charge on any atom is 0.329 e. The first-order chi connectivity index (χ1) is 9.20. The van der Waals surface area contributed by atoms with Gasteiger partial charge in [0.25, 0.3) is 0 Å². The third-order valence-corrected chi connectivity index (χ3v) is 2.98. The zero-order chi connectivity index (χ0) is 13.7. The summed E-state index contributed by atoms with van der Waals surface area (Å²) in [4.78, 5) is 22.4. The van der Waals surface area contributed by atoms with Gasteiger partial charge in [0.1, 0.15) is 6.20 Å². The number of hydrogen-bond donors (Lipinski definition) is 2. The predicted octanol–water partition coefficient (Wildman–Crippen LogP) is 1.54. The van der Waals surface area contributed by atoms with Crippen LogP contribution in [0.2, 0.25) is 0 Å². The summed E-state index contributed by atoms with van der Waals surface area (Å²) < 4.78 is 0. The highest BCUT2D eigenvalue weighted by atomic mass is 32.1. The molecular weight excluding hydrogens is 268 g/mol. The smallest absolute Gasteiger partial charge is 0.329 e. The lowest BCUT2D eigenvalue weighted by Gasteiger charge is -2.06. The maximum atomic E-state index is 10.9. The molecular formula is C10H12N6O2S. The van der Waals surface area contributed by atoms with E-state index >= 15 is 0 Å². The van der Waals surface area contributed by atoms with Gasteiger partial charge in [0.05, 0.1) is 16.1 Å². The van der Waals surface area contributed by atoms with Gasteiger partial charge in [-0.1, -0.05) is 0 Å². The van der Waals surface area contributed by atoms with Gasteiger partial charge in [-0.15, -0.1) is 11.3 Å². The minimum atomic E-state index is -0.509. The van der Waals surface area contributed by atoms with E-state index in [1.165, 1.54) is 17.5 Å².